The number of hydrogen-bond acceptors (Lipinski definition) is 5. The lowest BCUT2D eigenvalue weighted by atomic mass is 10.0. The molecular formula is C40H71NO5. The number of aliphatic hydroxyl groups excluding tert-OH is 2. The van der Waals surface area contributed by atoms with E-state index >= 15 is 0 Å². The summed E-state index contributed by atoms with van der Waals surface area (Å²) in [6, 6.07) is 0. The molecule has 46 heavy (non-hydrogen) atoms. The first-order valence-electron chi connectivity index (χ1n) is 18.8. The van der Waals surface area contributed by atoms with Gasteiger partial charge in [0.1, 0.15) is 12.1 Å². The van der Waals surface area contributed by atoms with Crippen molar-refractivity contribution in [2.24, 2.45) is 0 Å². The Balaban J connectivity index is 3.89. The van der Waals surface area contributed by atoms with Crippen LogP contribution in [0.3, 0.4) is 0 Å². The van der Waals surface area contributed by atoms with Crippen LogP contribution in [-0.4, -0.2) is 47.4 Å². The standard InChI is InChI=1S/C40H71NO5/c1-3-5-7-9-11-13-15-17-19-21-23-25-27-29-31-33-38(44)41-40(35-42,36-43)37-46-39(45)34-32-30-28-26-24-22-20-18-16-14-12-10-8-6-4-2/h11-14,17-20,42-43H,3-10,15-16,21-37H2,1-2H3,(H,41,44)/b13-11+,14-12+,19-17+,20-18+. The second-order valence-electron chi connectivity index (χ2n) is 12.8. The summed E-state index contributed by atoms with van der Waals surface area (Å²) in [4.78, 5) is 24.7. The lowest BCUT2D eigenvalue weighted by Crippen LogP contribution is -2.57. The molecule has 0 radical (unpaired) electrons. The molecule has 6 nitrogen and oxygen atoms in total. The largest absolute Gasteiger partial charge is 0.463 e. The number of hydrogen-bond donors (Lipinski definition) is 3. The third-order valence-electron chi connectivity index (χ3n) is 8.21. The summed E-state index contributed by atoms with van der Waals surface area (Å²) in [7, 11) is 0. The summed E-state index contributed by atoms with van der Waals surface area (Å²) in [5, 5.41) is 22.5. The topological polar surface area (TPSA) is 95.9 Å². The van der Waals surface area contributed by atoms with E-state index in [1.807, 2.05) is 0 Å². The van der Waals surface area contributed by atoms with E-state index in [-0.39, 0.29) is 18.5 Å². The van der Waals surface area contributed by atoms with Crippen molar-refractivity contribution < 1.29 is 24.5 Å². The maximum atomic E-state index is 12.5. The van der Waals surface area contributed by atoms with Crippen molar-refractivity contribution in [1.82, 2.24) is 5.32 Å². The van der Waals surface area contributed by atoms with Gasteiger partial charge in [-0.3, -0.25) is 9.59 Å². The number of unbranched alkanes of at least 4 members (excludes halogenated alkanes) is 16. The summed E-state index contributed by atoms with van der Waals surface area (Å²) < 4.78 is 5.34. The maximum Gasteiger partial charge on any atom is 0.305 e. The van der Waals surface area contributed by atoms with E-state index in [1.54, 1.807) is 0 Å². The maximum absolute atomic E-state index is 12.5. The minimum Gasteiger partial charge on any atom is -0.463 e. The molecule has 266 valence electrons. The summed E-state index contributed by atoms with van der Waals surface area (Å²) in [5.41, 5.74) is -1.35. The quantitative estimate of drug-likeness (QED) is 0.0375. The molecule has 0 heterocycles. The van der Waals surface area contributed by atoms with Gasteiger partial charge in [-0.05, 0) is 77.0 Å². The highest BCUT2D eigenvalue weighted by atomic mass is 16.5. The minimum atomic E-state index is -1.35. The molecule has 3 N–H and O–H groups in total. The molecule has 0 saturated carbocycles. The Bertz CT molecular complexity index is 812. The predicted octanol–water partition coefficient (Wildman–Crippen LogP) is 10.00. The molecule has 6 heteroatoms. The number of nitrogens with one attached hydrogen (secondary N) is 1. The van der Waals surface area contributed by atoms with E-state index in [4.69, 9.17) is 4.74 Å². The molecule has 0 aliphatic carbocycles. The first kappa shape index (κ1) is 43.8. The smallest absolute Gasteiger partial charge is 0.305 e. The van der Waals surface area contributed by atoms with Gasteiger partial charge in [0, 0.05) is 12.8 Å². The molecule has 0 aliphatic heterocycles. The van der Waals surface area contributed by atoms with Gasteiger partial charge in [-0.25, -0.2) is 0 Å². The zero-order valence-electron chi connectivity index (χ0n) is 29.8. The van der Waals surface area contributed by atoms with E-state index in [0.29, 0.717) is 12.8 Å². The third-order valence-corrected chi connectivity index (χ3v) is 8.21. The van der Waals surface area contributed by atoms with Crippen molar-refractivity contribution in [3.05, 3.63) is 48.6 Å². The normalized spacial score (nSPS) is 12.3. The van der Waals surface area contributed by atoms with Gasteiger partial charge >= 0.3 is 5.97 Å². The van der Waals surface area contributed by atoms with Crippen LogP contribution in [0.15, 0.2) is 48.6 Å². The van der Waals surface area contributed by atoms with Crippen LogP contribution in [0.25, 0.3) is 0 Å². The van der Waals surface area contributed by atoms with E-state index in [9.17, 15) is 19.8 Å². The first-order valence-corrected chi connectivity index (χ1v) is 18.8. The summed E-state index contributed by atoms with van der Waals surface area (Å²) in [6.45, 7) is 3.25. The van der Waals surface area contributed by atoms with Crippen LogP contribution in [-0.2, 0) is 14.3 Å². The molecule has 0 spiro atoms. The second-order valence-corrected chi connectivity index (χ2v) is 12.8. The van der Waals surface area contributed by atoms with Crippen LogP contribution in [0, 0.1) is 0 Å². The van der Waals surface area contributed by atoms with Crippen molar-refractivity contribution in [1.29, 1.82) is 0 Å². The molecule has 0 fully saturated rings. The molecular weight excluding hydrogens is 574 g/mol. The highest BCUT2D eigenvalue weighted by Crippen LogP contribution is 2.12. The molecule has 0 saturated heterocycles. The van der Waals surface area contributed by atoms with Gasteiger partial charge in [-0.1, -0.05) is 127 Å². The van der Waals surface area contributed by atoms with Crippen LogP contribution in [0.4, 0.5) is 0 Å². The van der Waals surface area contributed by atoms with Crippen molar-refractivity contribution in [2.75, 3.05) is 19.8 Å². The Morgan fingerprint density at radius 1 is 0.543 bits per heavy atom. The van der Waals surface area contributed by atoms with Gasteiger partial charge < -0.3 is 20.3 Å². The number of esters is 1. The molecule has 0 aliphatic rings. The monoisotopic (exact) mass is 646 g/mol. The summed E-state index contributed by atoms with van der Waals surface area (Å²) in [5.74, 6) is -0.599. The Kier molecular flexibility index (Phi) is 32.5. The van der Waals surface area contributed by atoms with Crippen LogP contribution < -0.4 is 5.32 Å². The predicted molar refractivity (Wildman–Crippen MR) is 195 cm³/mol. The fourth-order valence-electron chi connectivity index (χ4n) is 5.08. The van der Waals surface area contributed by atoms with Gasteiger partial charge in [0.25, 0.3) is 0 Å². The number of allylic oxidation sites excluding steroid dienone is 8. The molecule has 1 amide bonds. The number of ether oxygens (including phenoxy) is 1. The molecule has 0 aromatic heterocycles. The molecule has 0 rings (SSSR count). The average molecular weight is 646 g/mol. The molecule has 0 aromatic carbocycles. The van der Waals surface area contributed by atoms with Crippen molar-refractivity contribution >= 4 is 11.9 Å². The van der Waals surface area contributed by atoms with Gasteiger partial charge in [0.15, 0.2) is 0 Å². The summed E-state index contributed by atoms with van der Waals surface area (Å²) in [6.07, 6.45) is 43.2. The fourth-order valence-corrected chi connectivity index (χ4v) is 5.08. The number of carbonyl (C=O) groups is 2. The number of rotatable bonds is 33. The van der Waals surface area contributed by atoms with Crippen LogP contribution >= 0.6 is 0 Å². The number of carbonyl (C=O) groups excluding carboxylic acids is 2. The molecule has 0 atom stereocenters. The van der Waals surface area contributed by atoms with Crippen molar-refractivity contribution in [2.45, 2.75) is 173 Å². The number of aliphatic hydroxyl groups is 2. The molecule has 0 bridgehead atoms. The van der Waals surface area contributed by atoms with Gasteiger partial charge in [-0.15, -0.1) is 0 Å². The van der Waals surface area contributed by atoms with Crippen molar-refractivity contribution in [3.63, 3.8) is 0 Å². The van der Waals surface area contributed by atoms with Gasteiger partial charge in [-0.2, -0.15) is 0 Å². The fraction of sp³-hybridized carbons (Fsp3) is 0.750. The Morgan fingerprint density at radius 2 is 0.935 bits per heavy atom. The average Bonchev–Trinajstić information content (AvgIpc) is 3.06. The zero-order chi connectivity index (χ0) is 33.8. The Morgan fingerprint density at radius 3 is 1.37 bits per heavy atom. The summed E-state index contributed by atoms with van der Waals surface area (Å²) >= 11 is 0. The molecule has 0 unspecified atom stereocenters. The molecule has 0 aromatic rings. The van der Waals surface area contributed by atoms with Gasteiger partial charge in [0.2, 0.25) is 5.91 Å². The lowest BCUT2D eigenvalue weighted by molar-refractivity contribution is -0.149. The van der Waals surface area contributed by atoms with E-state index in [0.717, 1.165) is 89.9 Å². The van der Waals surface area contributed by atoms with E-state index in [1.165, 1.54) is 51.4 Å². The minimum absolute atomic E-state index is 0.229. The van der Waals surface area contributed by atoms with Crippen LogP contribution in [0.2, 0.25) is 0 Å². The SMILES string of the molecule is CCCCC/C=C/C/C=C/CCCCCCCC(=O)NC(CO)(CO)COC(=O)CCCCCCC/C=C/C/C=C/CCCCC. The van der Waals surface area contributed by atoms with E-state index in [2.05, 4.69) is 67.8 Å². The number of amides is 1. The van der Waals surface area contributed by atoms with E-state index < -0.39 is 18.8 Å². The van der Waals surface area contributed by atoms with Crippen LogP contribution in [0.1, 0.15) is 168 Å². The first-order chi connectivity index (χ1) is 22.5. The van der Waals surface area contributed by atoms with Crippen LogP contribution in [0.5, 0.6) is 0 Å². The highest BCUT2D eigenvalue weighted by molar-refractivity contribution is 5.77. The zero-order valence-corrected chi connectivity index (χ0v) is 29.8. The highest BCUT2D eigenvalue weighted by Gasteiger charge is 2.32. The third kappa shape index (κ3) is 29.2. The van der Waals surface area contributed by atoms with Crippen molar-refractivity contribution in [3.8, 4) is 0 Å². The van der Waals surface area contributed by atoms with Gasteiger partial charge in [0.05, 0.1) is 13.2 Å². The second kappa shape index (κ2) is 34.2. The Hall–Kier alpha value is -2.18. The Labute approximate surface area is 283 Å². The lowest BCUT2D eigenvalue weighted by Gasteiger charge is -2.30.